The SMILES string of the molecule is C=COC(CNC(=O)CCSSc1ccccn1)OC(=O)NCCOP(=O)(O)OC[C@@H](COC(=O)CCCCCCCCCCCCCCCCC)OC(=O)CCCCCCCCCCCCCCCCC. The molecule has 15 nitrogen and oxygen atoms in total. The Morgan fingerprint density at radius 2 is 1.15 bits per heavy atom. The maximum absolute atomic E-state index is 12.9. The second kappa shape index (κ2) is 49.1. The lowest BCUT2D eigenvalue weighted by molar-refractivity contribution is -0.161. The molecule has 0 aromatic carbocycles. The molecule has 1 aromatic heterocycles. The summed E-state index contributed by atoms with van der Waals surface area (Å²) in [5, 5.41) is 5.85. The number of esters is 2. The molecule has 1 aromatic rings. The molecule has 0 saturated heterocycles. The van der Waals surface area contributed by atoms with Crippen LogP contribution in [-0.4, -0.2) is 84.9 Å². The fourth-order valence-corrected chi connectivity index (χ4v) is 10.4. The molecule has 72 heavy (non-hydrogen) atoms. The first-order valence-corrected chi connectivity index (χ1v) is 31.5. The first-order valence-electron chi connectivity index (χ1n) is 27.7. The van der Waals surface area contributed by atoms with E-state index < -0.39 is 51.5 Å². The van der Waals surface area contributed by atoms with Gasteiger partial charge in [-0.1, -0.05) is 217 Å². The van der Waals surface area contributed by atoms with Crippen molar-refractivity contribution in [3.8, 4) is 0 Å². The lowest BCUT2D eigenvalue weighted by atomic mass is 10.0. The van der Waals surface area contributed by atoms with Crippen LogP contribution in [0.3, 0.4) is 0 Å². The van der Waals surface area contributed by atoms with Crippen molar-refractivity contribution in [2.24, 2.45) is 0 Å². The summed E-state index contributed by atoms with van der Waals surface area (Å²) in [6, 6.07) is 5.59. The number of unbranched alkanes of at least 4 members (excludes halogenated alkanes) is 28. The monoisotopic (exact) mass is 1070 g/mol. The number of hydrogen-bond acceptors (Lipinski definition) is 14. The standard InChI is InChI=1S/C54H96N3O12PS2/c1-4-7-9-11-13-15-17-19-21-23-25-27-29-31-33-38-51(59)65-46-48(68-52(60)39-34-32-30-28-26-24-22-20-18-16-14-12-10-8-5-2)47-67-70(62,63)66-43-42-56-54(61)69-53(64-6-3)45-57-49(58)40-44-71-72-50-37-35-36-41-55-50/h6,35-37,41,48,53H,3-5,7-34,38-40,42-47H2,1-2H3,(H,56,61)(H,57,58)(H,62,63)/t48-,53?/m1/s1. The van der Waals surface area contributed by atoms with Crippen LogP contribution in [0.1, 0.15) is 226 Å². The predicted octanol–water partition coefficient (Wildman–Crippen LogP) is 14.7. The highest BCUT2D eigenvalue weighted by molar-refractivity contribution is 8.76. The van der Waals surface area contributed by atoms with Gasteiger partial charge in [0, 0.05) is 37.8 Å². The molecule has 0 bridgehead atoms. The third kappa shape index (κ3) is 44.6. The van der Waals surface area contributed by atoms with Crippen molar-refractivity contribution in [3.05, 3.63) is 37.2 Å². The van der Waals surface area contributed by atoms with Gasteiger partial charge in [-0.3, -0.25) is 23.4 Å². The van der Waals surface area contributed by atoms with Gasteiger partial charge in [0.1, 0.15) is 11.6 Å². The zero-order chi connectivity index (χ0) is 52.4. The van der Waals surface area contributed by atoms with Crippen molar-refractivity contribution in [2.75, 3.05) is 38.7 Å². The normalized spacial score (nSPS) is 12.9. The van der Waals surface area contributed by atoms with E-state index in [0.29, 0.717) is 18.6 Å². The number of alkyl carbamates (subject to hydrolysis) is 1. The summed E-state index contributed by atoms with van der Waals surface area (Å²) in [4.78, 5) is 64.9. The van der Waals surface area contributed by atoms with Gasteiger partial charge < -0.3 is 34.5 Å². The Labute approximate surface area is 442 Å². The summed E-state index contributed by atoms with van der Waals surface area (Å²) in [6.45, 7) is 6.22. The number of nitrogens with zero attached hydrogens (tertiary/aromatic N) is 1. The van der Waals surface area contributed by atoms with Crippen molar-refractivity contribution >= 4 is 53.3 Å². The van der Waals surface area contributed by atoms with E-state index >= 15 is 0 Å². The van der Waals surface area contributed by atoms with Gasteiger partial charge in [-0.05, 0) is 35.8 Å². The highest BCUT2D eigenvalue weighted by atomic mass is 33.1. The second-order valence-electron chi connectivity index (χ2n) is 18.5. The molecule has 3 atom stereocenters. The number of phosphoric acid groups is 1. The van der Waals surface area contributed by atoms with Crippen LogP contribution in [0, 0.1) is 0 Å². The Morgan fingerprint density at radius 3 is 1.64 bits per heavy atom. The Balaban J connectivity index is 2.45. The molecular formula is C54H96N3O12PS2. The smallest absolute Gasteiger partial charge is 0.462 e. The highest BCUT2D eigenvalue weighted by Gasteiger charge is 2.26. The summed E-state index contributed by atoms with van der Waals surface area (Å²) >= 11 is 0. The number of ether oxygens (including phenoxy) is 4. The van der Waals surface area contributed by atoms with Crippen LogP contribution in [0.4, 0.5) is 4.79 Å². The third-order valence-corrected chi connectivity index (χ3v) is 15.1. The molecule has 0 aliphatic rings. The molecule has 416 valence electrons. The van der Waals surface area contributed by atoms with E-state index in [0.717, 1.165) is 49.8 Å². The number of pyridine rings is 1. The molecular weight excluding hydrogens is 978 g/mol. The molecule has 0 radical (unpaired) electrons. The van der Waals surface area contributed by atoms with Crippen molar-refractivity contribution in [3.63, 3.8) is 0 Å². The predicted molar refractivity (Wildman–Crippen MR) is 291 cm³/mol. The van der Waals surface area contributed by atoms with E-state index in [1.54, 1.807) is 6.20 Å². The van der Waals surface area contributed by atoms with Crippen molar-refractivity contribution in [2.45, 2.75) is 243 Å². The number of nitrogens with one attached hydrogen (secondary N) is 2. The molecule has 0 saturated carbocycles. The minimum atomic E-state index is -4.70. The fraction of sp³-hybridized carbons (Fsp3) is 0.796. The number of amides is 2. The minimum Gasteiger partial charge on any atom is -0.462 e. The maximum atomic E-state index is 12.9. The van der Waals surface area contributed by atoms with Crippen molar-refractivity contribution in [1.82, 2.24) is 15.6 Å². The highest BCUT2D eigenvalue weighted by Crippen LogP contribution is 2.43. The quantitative estimate of drug-likeness (QED) is 0.0106. The van der Waals surface area contributed by atoms with Gasteiger partial charge in [0.25, 0.3) is 6.29 Å². The first-order chi connectivity index (χ1) is 35.1. The van der Waals surface area contributed by atoms with Gasteiger partial charge in [0.05, 0.1) is 26.0 Å². The number of phosphoric ester groups is 1. The molecule has 0 fully saturated rings. The van der Waals surface area contributed by atoms with Gasteiger partial charge >= 0.3 is 25.9 Å². The molecule has 0 aliphatic carbocycles. The van der Waals surface area contributed by atoms with Gasteiger partial charge in [0.2, 0.25) is 5.91 Å². The Morgan fingerprint density at radius 1 is 0.653 bits per heavy atom. The lowest BCUT2D eigenvalue weighted by Gasteiger charge is -2.20. The van der Waals surface area contributed by atoms with E-state index in [2.05, 4.69) is 36.0 Å². The molecule has 2 amide bonds. The third-order valence-electron chi connectivity index (χ3n) is 11.9. The van der Waals surface area contributed by atoms with Crippen LogP contribution in [0.15, 0.2) is 42.3 Å². The van der Waals surface area contributed by atoms with E-state index in [9.17, 15) is 28.6 Å². The lowest BCUT2D eigenvalue weighted by Crippen LogP contribution is -2.39. The van der Waals surface area contributed by atoms with Gasteiger partial charge in [-0.15, -0.1) is 0 Å². The molecule has 0 aliphatic heterocycles. The van der Waals surface area contributed by atoms with E-state index in [4.69, 9.17) is 28.0 Å². The van der Waals surface area contributed by atoms with Gasteiger partial charge in [-0.2, -0.15) is 0 Å². The Hall–Kier alpha value is -2.82. The molecule has 1 heterocycles. The number of rotatable bonds is 52. The molecule has 18 heteroatoms. The van der Waals surface area contributed by atoms with Gasteiger partial charge in [-0.25, -0.2) is 14.3 Å². The maximum Gasteiger partial charge on any atom is 0.472 e. The van der Waals surface area contributed by atoms with E-state index in [1.165, 1.54) is 163 Å². The van der Waals surface area contributed by atoms with Crippen LogP contribution in [-0.2, 0) is 46.9 Å². The van der Waals surface area contributed by atoms with Gasteiger partial charge in [0.15, 0.2) is 6.10 Å². The molecule has 3 N–H and O–H groups in total. The van der Waals surface area contributed by atoms with Crippen molar-refractivity contribution < 1.29 is 56.6 Å². The first kappa shape index (κ1) is 67.2. The number of carbonyl (C=O) groups excluding carboxylic acids is 4. The number of aromatic nitrogens is 1. The molecule has 0 spiro atoms. The zero-order valence-corrected chi connectivity index (χ0v) is 47.0. The van der Waals surface area contributed by atoms with Crippen LogP contribution in [0.2, 0.25) is 0 Å². The van der Waals surface area contributed by atoms with E-state index in [1.807, 2.05) is 18.2 Å². The molecule has 2 unspecified atom stereocenters. The second-order valence-corrected chi connectivity index (χ2v) is 22.4. The summed E-state index contributed by atoms with van der Waals surface area (Å²) in [5.41, 5.74) is 0. The Kier molecular flexibility index (Phi) is 45.8. The molecule has 1 rings (SSSR count). The summed E-state index contributed by atoms with van der Waals surface area (Å²) < 4.78 is 44.4. The summed E-state index contributed by atoms with van der Waals surface area (Å²) in [5.74, 6) is -0.702. The fourth-order valence-electron chi connectivity index (χ4n) is 7.73. The Bertz CT molecular complexity index is 1540. The van der Waals surface area contributed by atoms with Crippen LogP contribution in [0.5, 0.6) is 0 Å². The summed E-state index contributed by atoms with van der Waals surface area (Å²) in [7, 11) is -1.76. The topological polar surface area (TPSA) is 198 Å². The van der Waals surface area contributed by atoms with E-state index in [-0.39, 0.29) is 44.9 Å². The minimum absolute atomic E-state index is 0.146. The number of carbonyl (C=O) groups is 4. The van der Waals surface area contributed by atoms with Crippen molar-refractivity contribution in [1.29, 1.82) is 0 Å². The largest absolute Gasteiger partial charge is 0.472 e. The van der Waals surface area contributed by atoms with Crippen LogP contribution in [0.25, 0.3) is 0 Å². The number of hydrogen-bond donors (Lipinski definition) is 3. The average molecular weight is 1070 g/mol. The average Bonchev–Trinajstić information content (AvgIpc) is 3.37. The van der Waals surface area contributed by atoms with Crippen LogP contribution < -0.4 is 10.6 Å². The zero-order valence-electron chi connectivity index (χ0n) is 44.5. The summed E-state index contributed by atoms with van der Waals surface area (Å²) in [6.07, 6.45) is 36.4. The van der Waals surface area contributed by atoms with Crippen LogP contribution >= 0.6 is 29.4 Å².